The largest absolute Gasteiger partial charge is 0.394 e. The first kappa shape index (κ1) is 27.0. The Morgan fingerprint density at radius 3 is 2.59 bits per heavy atom. The fraction of sp³-hybridized carbons (Fsp3) is 0.367. The third kappa shape index (κ3) is 4.85. The number of amides is 1. The van der Waals surface area contributed by atoms with Gasteiger partial charge in [-0.15, -0.1) is 0 Å². The number of nitrogens with zero attached hydrogens (tertiary/aromatic N) is 7. The fourth-order valence-corrected chi connectivity index (χ4v) is 5.91. The van der Waals surface area contributed by atoms with Crippen molar-refractivity contribution >= 4 is 40.4 Å². The summed E-state index contributed by atoms with van der Waals surface area (Å²) in [6.07, 6.45) is 2.99. The second-order valence-corrected chi connectivity index (χ2v) is 11.5. The van der Waals surface area contributed by atoms with Crippen LogP contribution in [0.1, 0.15) is 38.2 Å². The molecule has 2 aliphatic rings. The molecule has 6 rings (SSSR count). The van der Waals surface area contributed by atoms with Gasteiger partial charge in [-0.1, -0.05) is 30.7 Å². The summed E-state index contributed by atoms with van der Waals surface area (Å²) in [6.45, 7) is 3.84. The van der Waals surface area contributed by atoms with Gasteiger partial charge in [0.05, 0.1) is 24.3 Å². The molecule has 3 N–H and O–H groups in total. The Kier molecular flexibility index (Phi) is 7.01. The molecule has 0 radical (unpaired) electrons. The van der Waals surface area contributed by atoms with E-state index in [0.29, 0.717) is 65.3 Å². The third-order valence-corrected chi connectivity index (χ3v) is 8.67. The summed E-state index contributed by atoms with van der Waals surface area (Å²) in [7, 11) is 0. The van der Waals surface area contributed by atoms with E-state index in [1.807, 2.05) is 54.0 Å². The molecular formula is C30H31ClN8O2. The number of hydrogen-bond donors (Lipinski definition) is 2. The Balaban J connectivity index is 1.60. The summed E-state index contributed by atoms with van der Waals surface area (Å²) in [4.78, 5) is 31.6. The van der Waals surface area contributed by atoms with E-state index in [1.54, 1.807) is 6.07 Å². The maximum atomic E-state index is 12.2. The highest BCUT2D eigenvalue weighted by atomic mass is 35.5. The van der Waals surface area contributed by atoms with E-state index in [2.05, 4.69) is 15.9 Å². The van der Waals surface area contributed by atoms with Crippen molar-refractivity contribution in [1.82, 2.24) is 19.5 Å². The van der Waals surface area contributed by atoms with Crippen molar-refractivity contribution in [2.45, 2.75) is 38.6 Å². The minimum atomic E-state index is -0.575. The molecule has 2 aromatic carbocycles. The van der Waals surface area contributed by atoms with Crippen LogP contribution < -0.4 is 15.5 Å². The summed E-state index contributed by atoms with van der Waals surface area (Å²) in [6, 6.07) is 16.9. The number of aromatic nitrogens is 4. The molecule has 4 aromatic rings. The van der Waals surface area contributed by atoms with E-state index >= 15 is 0 Å². The number of carbonyl (C=O) groups is 1. The Hall–Kier alpha value is -4.20. The van der Waals surface area contributed by atoms with Gasteiger partial charge < -0.3 is 20.6 Å². The van der Waals surface area contributed by atoms with Crippen LogP contribution in [-0.2, 0) is 4.79 Å². The zero-order valence-electron chi connectivity index (χ0n) is 22.8. The fourth-order valence-electron chi connectivity index (χ4n) is 5.78. The minimum absolute atomic E-state index is 0.0139. The Bertz CT molecular complexity index is 1650. The third-order valence-electron chi connectivity index (χ3n) is 8.42. The van der Waals surface area contributed by atoms with Crippen molar-refractivity contribution in [3.63, 3.8) is 0 Å². The lowest BCUT2D eigenvalue weighted by molar-refractivity contribution is -0.127. The molecular weight excluding hydrogens is 540 g/mol. The van der Waals surface area contributed by atoms with Gasteiger partial charge in [0.15, 0.2) is 17.0 Å². The zero-order chi connectivity index (χ0) is 28.7. The lowest BCUT2D eigenvalue weighted by atomic mass is 9.80. The van der Waals surface area contributed by atoms with E-state index in [9.17, 15) is 15.2 Å². The van der Waals surface area contributed by atoms with Gasteiger partial charge in [0.25, 0.3) is 0 Å². The number of rotatable bonds is 6. The van der Waals surface area contributed by atoms with Crippen LogP contribution in [0.5, 0.6) is 0 Å². The highest BCUT2D eigenvalue weighted by Gasteiger charge is 2.37. The number of imidazole rings is 1. The highest BCUT2D eigenvalue weighted by Crippen LogP contribution is 2.38. The number of halogens is 1. The standard InChI is InChI=1S/C30H31ClN8O2/c1-30(28(33)41)11-14-37(15-12-30)26-24-27(36-29(35-26)38-13-3-6-23(38)18-40)39(22-9-7-21(31)8-10-22)25(34-24)20-5-2-4-19(16-20)17-32/h2,4-5,7-10,16,23,40H,3,6,11-15,18H2,1H3,(H2,33,41)/t23-/m0/s1. The molecule has 41 heavy (non-hydrogen) atoms. The second-order valence-electron chi connectivity index (χ2n) is 11.0. The van der Waals surface area contributed by atoms with Gasteiger partial charge in [0.2, 0.25) is 11.9 Å². The Morgan fingerprint density at radius 1 is 1.15 bits per heavy atom. The van der Waals surface area contributed by atoms with Gasteiger partial charge in [0.1, 0.15) is 5.82 Å². The first-order valence-corrected chi connectivity index (χ1v) is 14.2. The molecule has 0 aliphatic carbocycles. The molecule has 1 atom stereocenters. The van der Waals surface area contributed by atoms with Crippen LogP contribution in [-0.4, -0.2) is 62.8 Å². The topological polar surface area (TPSA) is 137 Å². The van der Waals surface area contributed by atoms with E-state index in [4.69, 9.17) is 32.3 Å². The molecule has 4 heterocycles. The van der Waals surface area contributed by atoms with Crippen LogP contribution in [0.4, 0.5) is 11.8 Å². The number of nitriles is 1. The van der Waals surface area contributed by atoms with Gasteiger partial charge in [0, 0.05) is 41.3 Å². The minimum Gasteiger partial charge on any atom is -0.394 e. The Labute approximate surface area is 243 Å². The predicted octanol–water partition coefficient (Wildman–Crippen LogP) is 4.06. The summed E-state index contributed by atoms with van der Waals surface area (Å²) in [5.74, 6) is 1.52. The average molecular weight is 571 g/mol. The molecule has 2 aliphatic heterocycles. The second kappa shape index (κ2) is 10.7. The van der Waals surface area contributed by atoms with Crippen LogP contribution in [0, 0.1) is 16.7 Å². The van der Waals surface area contributed by atoms with Crippen molar-refractivity contribution in [3.05, 3.63) is 59.1 Å². The van der Waals surface area contributed by atoms with E-state index in [1.165, 1.54) is 0 Å². The monoisotopic (exact) mass is 570 g/mol. The number of piperidine rings is 1. The number of benzene rings is 2. The van der Waals surface area contributed by atoms with Crippen LogP contribution >= 0.6 is 11.6 Å². The number of hydrogen-bond acceptors (Lipinski definition) is 8. The normalized spacial score (nSPS) is 18.5. The molecule has 0 unspecified atom stereocenters. The average Bonchev–Trinajstić information content (AvgIpc) is 3.63. The van der Waals surface area contributed by atoms with Gasteiger partial charge >= 0.3 is 0 Å². The summed E-state index contributed by atoms with van der Waals surface area (Å²) in [5.41, 5.74) is 8.48. The summed E-state index contributed by atoms with van der Waals surface area (Å²) in [5, 5.41) is 20.3. The predicted molar refractivity (Wildman–Crippen MR) is 158 cm³/mol. The maximum Gasteiger partial charge on any atom is 0.229 e. The Morgan fingerprint density at radius 2 is 1.90 bits per heavy atom. The van der Waals surface area contributed by atoms with Gasteiger partial charge in [-0.25, -0.2) is 4.98 Å². The first-order valence-electron chi connectivity index (χ1n) is 13.8. The van der Waals surface area contributed by atoms with E-state index in [0.717, 1.165) is 30.6 Å². The van der Waals surface area contributed by atoms with Crippen molar-refractivity contribution in [3.8, 4) is 23.1 Å². The molecule has 0 bridgehead atoms. The van der Waals surface area contributed by atoms with Gasteiger partial charge in [-0.2, -0.15) is 15.2 Å². The smallest absolute Gasteiger partial charge is 0.229 e. The lowest BCUT2D eigenvalue weighted by Crippen LogP contribution is -2.46. The van der Waals surface area contributed by atoms with Crippen molar-refractivity contribution < 1.29 is 9.90 Å². The summed E-state index contributed by atoms with van der Waals surface area (Å²) >= 11 is 6.25. The molecule has 11 heteroatoms. The van der Waals surface area contributed by atoms with Crippen LogP contribution in [0.3, 0.4) is 0 Å². The molecule has 2 fully saturated rings. The maximum absolute atomic E-state index is 12.2. The van der Waals surface area contributed by atoms with Crippen LogP contribution in [0.2, 0.25) is 5.02 Å². The SMILES string of the molecule is CC1(C(N)=O)CCN(c2nc(N3CCC[C@H]3CO)nc3c2nc(-c2cccc(C#N)c2)n3-c2ccc(Cl)cc2)CC1. The number of aliphatic hydroxyl groups excluding tert-OH is 1. The zero-order valence-corrected chi connectivity index (χ0v) is 23.6. The molecule has 2 saturated heterocycles. The lowest BCUT2D eigenvalue weighted by Gasteiger charge is -2.38. The first-order chi connectivity index (χ1) is 19.8. The number of fused-ring (bicyclic) bond motifs is 1. The number of anilines is 2. The number of nitrogens with two attached hydrogens (primary N) is 1. The molecule has 10 nitrogen and oxygen atoms in total. The number of aliphatic hydroxyl groups is 1. The molecule has 1 amide bonds. The summed E-state index contributed by atoms with van der Waals surface area (Å²) < 4.78 is 1.97. The molecule has 210 valence electrons. The van der Waals surface area contributed by atoms with Gasteiger partial charge in [-0.3, -0.25) is 9.36 Å². The highest BCUT2D eigenvalue weighted by molar-refractivity contribution is 6.30. The number of primary amides is 1. The van der Waals surface area contributed by atoms with Crippen molar-refractivity contribution in [2.75, 3.05) is 36.0 Å². The van der Waals surface area contributed by atoms with Crippen molar-refractivity contribution in [2.24, 2.45) is 11.1 Å². The molecule has 0 spiro atoms. The number of carbonyl (C=O) groups excluding carboxylic acids is 1. The quantitative estimate of drug-likeness (QED) is 0.354. The molecule has 0 saturated carbocycles. The van der Waals surface area contributed by atoms with Crippen LogP contribution in [0.15, 0.2) is 48.5 Å². The van der Waals surface area contributed by atoms with E-state index < -0.39 is 5.41 Å². The van der Waals surface area contributed by atoms with Crippen molar-refractivity contribution in [1.29, 1.82) is 5.26 Å². The van der Waals surface area contributed by atoms with Crippen LogP contribution in [0.25, 0.3) is 28.2 Å². The van der Waals surface area contributed by atoms with E-state index in [-0.39, 0.29) is 18.6 Å². The van der Waals surface area contributed by atoms with Gasteiger partial charge in [-0.05, 0) is 62.1 Å². The molecule has 2 aromatic heterocycles.